The molecular formula is C14H18Cl2N2O2. The highest BCUT2D eigenvalue weighted by molar-refractivity contribution is 6.35. The zero-order valence-corrected chi connectivity index (χ0v) is 13.0. The topological polar surface area (TPSA) is 55.6 Å². The van der Waals surface area contributed by atoms with Crippen molar-refractivity contribution >= 4 is 29.1 Å². The van der Waals surface area contributed by atoms with Gasteiger partial charge in [-0.1, -0.05) is 29.3 Å². The number of hydrogen-bond acceptors (Lipinski definition) is 3. The summed E-state index contributed by atoms with van der Waals surface area (Å²) in [6, 6.07) is 4.89. The highest BCUT2D eigenvalue weighted by Crippen LogP contribution is 2.30. The van der Waals surface area contributed by atoms with Crippen LogP contribution in [0.5, 0.6) is 0 Å². The van der Waals surface area contributed by atoms with Gasteiger partial charge in [0.25, 0.3) is 0 Å². The monoisotopic (exact) mass is 316 g/mol. The van der Waals surface area contributed by atoms with Gasteiger partial charge in [-0.25, -0.2) is 0 Å². The molecule has 0 aromatic heterocycles. The fraction of sp³-hybridized carbons (Fsp3) is 0.500. The van der Waals surface area contributed by atoms with E-state index in [2.05, 4.69) is 0 Å². The molecular weight excluding hydrogens is 299 g/mol. The smallest absolute Gasteiger partial charge is 0.229 e. The Kier molecular flexibility index (Phi) is 4.91. The molecule has 3 unspecified atom stereocenters. The normalized spacial score (nSPS) is 23.6. The maximum absolute atomic E-state index is 12.4. The van der Waals surface area contributed by atoms with Crippen molar-refractivity contribution in [2.75, 3.05) is 20.3 Å². The van der Waals surface area contributed by atoms with E-state index in [1.165, 1.54) is 0 Å². The first-order chi connectivity index (χ1) is 9.41. The number of amides is 1. The molecule has 20 heavy (non-hydrogen) atoms. The summed E-state index contributed by atoms with van der Waals surface area (Å²) in [4.78, 5) is 14.1. The Morgan fingerprint density at radius 1 is 1.45 bits per heavy atom. The van der Waals surface area contributed by atoms with Gasteiger partial charge in [-0.2, -0.15) is 0 Å². The van der Waals surface area contributed by atoms with Crippen LogP contribution < -0.4 is 5.73 Å². The van der Waals surface area contributed by atoms with Gasteiger partial charge >= 0.3 is 0 Å². The van der Waals surface area contributed by atoms with Crippen LogP contribution in [0.3, 0.4) is 0 Å². The average molecular weight is 317 g/mol. The number of halogens is 2. The van der Waals surface area contributed by atoms with Crippen molar-refractivity contribution in [3.63, 3.8) is 0 Å². The third-order valence-electron chi connectivity index (χ3n) is 3.78. The first kappa shape index (κ1) is 15.6. The van der Waals surface area contributed by atoms with Crippen LogP contribution in [0.15, 0.2) is 18.2 Å². The van der Waals surface area contributed by atoms with E-state index in [-0.39, 0.29) is 23.9 Å². The van der Waals surface area contributed by atoms with Gasteiger partial charge in [0.2, 0.25) is 5.91 Å². The van der Waals surface area contributed by atoms with Gasteiger partial charge in [-0.05, 0) is 24.6 Å². The van der Waals surface area contributed by atoms with E-state index < -0.39 is 0 Å². The molecule has 1 saturated heterocycles. The van der Waals surface area contributed by atoms with Crippen molar-refractivity contribution in [3.8, 4) is 0 Å². The molecule has 0 saturated carbocycles. The molecule has 0 aliphatic carbocycles. The number of carbonyl (C=O) groups excluding carboxylic acids is 1. The predicted molar refractivity (Wildman–Crippen MR) is 79.9 cm³/mol. The molecule has 2 rings (SSSR count). The molecule has 6 heteroatoms. The third kappa shape index (κ3) is 3.09. The fourth-order valence-corrected chi connectivity index (χ4v) is 2.89. The lowest BCUT2D eigenvalue weighted by Gasteiger charge is -2.29. The maximum Gasteiger partial charge on any atom is 0.229 e. The molecule has 1 heterocycles. The van der Waals surface area contributed by atoms with Crippen molar-refractivity contribution in [3.05, 3.63) is 33.8 Å². The molecule has 0 radical (unpaired) electrons. The quantitative estimate of drug-likeness (QED) is 0.932. The number of ether oxygens (including phenoxy) is 1. The summed E-state index contributed by atoms with van der Waals surface area (Å²) in [6.07, 6.45) is 0. The number of hydrogen-bond donors (Lipinski definition) is 1. The number of nitrogens with zero attached hydrogens (tertiary/aromatic N) is 1. The second kappa shape index (κ2) is 6.31. The summed E-state index contributed by atoms with van der Waals surface area (Å²) in [6.45, 7) is 2.74. The number of benzene rings is 1. The Hall–Kier alpha value is -0.810. The van der Waals surface area contributed by atoms with E-state index in [0.717, 1.165) is 5.56 Å². The molecule has 3 atom stereocenters. The van der Waals surface area contributed by atoms with E-state index in [1.807, 2.05) is 13.0 Å². The number of rotatable bonds is 3. The van der Waals surface area contributed by atoms with Gasteiger partial charge < -0.3 is 15.4 Å². The summed E-state index contributed by atoms with van der Waals surface area (Å²) < 4.78 is 5.25. The van der Waals surface area contributed by atoms with Crippen LogP contribution in [0, 0.1) is 5.92 Å². The summed E-state index contributed by atoms with van der Waals surface area (Å²) >= 11 is 12.1. The van der Waals surface area contributed by atoms with Crippen molar-refractivity contribution in [1.29, 1.82) is 0 Å². The van der Waals surface area contributed by atoms with Crippen LogP contribution in [-0.4, -0.2) is 37.1 Å². The van der Waals surface area contributed by atoms with Crippen molar-refractivity contribution in [2.24, 2.45) is 11.7 Å². The molecule has 1 fully saturated rings. The highest BCUT2D eigenvalue weighted by atomic mass is 35.5. The predicted octanol–water partition coefficient (Wildman–Crippen LogP) is 2.49. The lowest BCUT2D eigenvalue weighted by Crippen LogP contribution is -2.42. The van der Waals surface area contributed by atoms with Gasteiger partial charge in [-0.15, -0.1) is 0 Å². The molecule has 1 aliphatic heterocycles. The Bertz CT molecular complexity index is 510. The van der Waals surface area contributed by atoms with E-state index in [9.17, 15) is 4.79 Å². The zero-order chi connectivity index (χ0) is 14.9. The van der Waals surface area contributed by atoms with Gasteiger partial charge in [-0.3, -0.25) is 4.79 Å². The molecule has 1 aromatic carbocycles. The Balaban J connectivity index is 2.15. The van der Waals surface area contributed by atoms with Gasteiger partial charge in [0.15, 0.2) is 0 Å². The fourth-order valence-electron chi connectivity index (χ4n) is 2.33. The van der Waals surface area contributed by atoms with E-state index >= 15 is 0 Å². The lowest BCUT2D eigenvalue weighted by atomic mass is 10.0. The SMILES string of the molecule is CC(c1ccc(Cl)cc1Cl)N(C)C(=O)C1COCC1N. The number of nitrogens with two attached hydrogens (primary N) is 1. The van der Waals surface area contributed by atoms with Crippen molar-refractivity contribution in [2.45, 2.75) is 19.0 Å². The number of carbonyl (C=O) groups is 1. The third-order valence-corrected chi connectivity index (χ3v) is 4.35. The molecule has 0 bridgehead atoms. The van der Waals surface area contributed by atoms with Crippen molar-refractivity contribution < 1.29 is 9.53 Å². The second-order valence-corrected chi connectivity index (χ2v) is 5.94. The molecule has 1 aromatic rings. The molecule has 2 N–H and O–H groups in total. The van der Waals surface area contributed by atoms with E-state index in [0.29, 0.717) is 23.3 Å². The van der Waals surface area contributed by atoms with Gasteiger partial charge in [0.1, 0.15) is 0 Å². The van der Waals surface area contributed by atoms with E-state index in [1.54, 1.807) is 24.1 Å². The van der Waals surface area contributed by atoms with Crippen LogP contribution in [-0.2, 0) is 9.53 Å². The average Bonchev–Trinajstić information content (AvgIpc) is 2.82. The van der Waals surface area contributed by atoms with E-state index in [4.69, 9.17) is 33.7 Å². The summed E-state index contributed by atoms with van der Waals surface area (Å²) in [5.74, 6) is -0.304. The zero-order valence-electron chi connectivity index (χ0n) is 11.5. The first-order valence-electron chi connectivity index (χ1n) is 6.46. The summed E-state index contributed by atoms with van der Waals surface area (Å²) in [7, 11) is 1.75. The lowest BCUT2D eigenvalue weighted by molar-refractivity contribution is -0.136. The standard InChI is InChI=1S/C14H18Cl2N2O2/c1-8(10-4-3-9(15)5-12(10)16)18(2)14(19)11-6-20-7-13(11)17/h3-5,8,11,13H,6-7,17H2,1-2H3. The Morgan fingerprint density at radius 3 is 2.70 bits per heavy atom. The summed E-state index contributed by atoms with van der Waals surface area (Å²) in [5.41, 5.74) is 6.75. The maximum atomic E-state index is 12.4. The van der Waals surface area contributed by atoms with Gasteiger partial charge in [0, 0.05) is 23.1 Å². The summed E-state index contributed by atoms with van der Waals surface area (Å²) in [5, 5.41) is 1.13. The minimum atomic E-state index is -0.284. The minimum Gasteiger partial charge on any atom is -0.379 e. The van der Waals surface area contributed by atoms with Crippen LogP contribution in [0.1, 0.15) is 18.5 Å². The van der Waals surface area contributed by atoms with Crippen LogP contribution in [0.2, 0.25) is 10.0 Å². The highest BCUT2D eigenvalue weighted by Gasteiger charge is 2.35. The van der Waals surface area contributed by atoms with Crippen LogP contribution >= 0.6 is 23.2 Å². The van der Waals surface area contributed by atoms with Gasteiger partial charge in [0.05, 0.1) is 25.2 Å². The molecule has 4 nitrogen and oxygen atoms in total. The first-order valence-corrected chi connectivity index (χ1v) is 7.22. The molecule has 1 amide bonds. The molecule has 1 aliphatic rings. The molecule has 0 spiro atoms. The second-order valence-electron chi connectivity index (χ2n) is 5.10. The Labute approximate surface area is 128 Å². The largest absolute Gasteiger partial charge is 0.379 e. The Morgan fingerprint density at radius 2 is 2.15 bits per heavy atom. The van der Waals surface area contributed by atoms with Crippen molar-refractivity contribution in [1.82, 2.24) is 4.90 Å². The van der Waals surface area contributed by atoms with Crippen LogP contribution in [0.25, 0.3) is 0 Å². The minimum absolute atomic E-state index is 0.0199. The van der Waals surface area contributed by atoms with Crippen LogP contribution in [0.4, 0.5) is 0 Å². The molecule has 110 valence electrons.